The van der Waals surface area contributed by atoms with E-state index in [1.165, 1.54) is 19.3 Å². The van der Waals surface area contributed by atoms with Gasteiger partial charge in [0.2, 0.25) is 0 Å². The summed E-state index contributed by atoms with van der Waals surface area (Å²) >= 11 is 0. The van der Waals surface area contributed by atoms with Gasteiger partial charge in [-0.3, -0.25) is 0 Å². The monoisotopic (exact) mass is 137 g/mol. The third-order valence-corrected chi connectivity index (χ3v) is 2.10. The van der Waals surface area contributed by atoms with Gasteiger partial charge in [0.05, 0.1) is 6.42 Å². The Hall–Kier alpha value is -0.390. The molecule has 1 aliphatic carbocycles. The molecule has 0 aromatic rings. The highest BCUT2D eigenvalue weighted by atomic mass is 14.2. The minimum atomic E-state index is 0.724. The lowest BCUT2D eigenvalue weighted by atomic mass is 9.99. The van der Waals surface area contributed by atoms with Crippen molar-refractivity contribution in [2.24, 2.45) is 11.8 Å². The Labute approximate surface area is 64.3 Å². The van der Waals surface area contributed by atoms with Gasteiger partial charge in [-0.2, -0.15) is 0 Å². The molecule has 0 heterocycles. The van der Waals surface area contributed by atoms with E-state index in [0.29, 0.717) is 0 Å². The van der Waals surface area contributed by atoms with Crippen molar-refractivity contribution in [2.45, 2.75) is 33.1 Å². The SMILES string of the molecule is CCCCC1C=CC(C)[CH+]1. The lowest BCUT2D eigenvalue weighted by molar-refractivity contribution is 0.599. The topological polar surface area (TPSA) is 0 Å². The van der Waals surface area contributed by atoms with E-state index in [9.17, 15) is 0 Å². The number of allylic oxidation sites excluding steroid dienone is 2. The molecule has 10 heavy (non-hydrogen) atoms. The maximum atomic E-state index is 2.44. The molecule has 1 rings (SSSR count). The molecule has 56 valence electrons. The van der Waals surface area contributed by atoms with Crippen molar-refractivity contribution in [2.75, 3.05) is 0 Å². The molecule has 2 atom stereocenters. The van der Waals surface area contributed by atoms with E-state index >= 15 is 0 Å². The lowest BCUT2D eigenvalue weighted by Crippen LogP contribution is -1.95. The number of rotatable bonds is 3. The van der Waals surface area contributed by atoms with Crippen LogP contribution in [-0.2, 0) is 0 Å². The Balaban J connectivity index is 2.14. The van der Waals surface area contributed by atoms with Gasteiger partial charge in [-0.1, -0.05) is 13.3 Å². The first-order chi connectivity index (χ1) is 4.83. The Morgan fingerprint density at radius 3 is 2.70 bits per heavy atom. The van der Waals surface area contributed by atoms with Gasteiger partial charge in [0.25, 0.3) is 0 Å². The van der Waals surface area contributed by atoms with Crippen LogP contribution in [0.3, 0.4) is 0 Å². The second-order valence-corrected chi connectivity index (χ2v) is 3.24. The van der Waals surface area contributed by atoms with Crippen LogP contribution in [0.1, 0.15) is 33.1 Å². The van der Waals surface area contributed by atoms with Gasteiger partial charge in [0.1, 0.15) is 11.8 Å². The van der Waals surface area contributed by atoms with Gasteiger partial charge < -0.3 is 0 Å². The summed E-state index contributed by atoms with van der Waals surface area (Å²) in [6.45, 7) is 4.50. The maximum Gasteiger partial charge on any atom is 0.117 e. The summed E-state index contributed by atoms with van der Waals surface area (Å²) < 4.78 is 0. The molecule has 0 heteroatoms. The normalized spacial score (nSPS) is 30.6. The first-order valence-corrected chi connectivity index (χ1v) is 4.36. The minimum Gasteiger partial charge on any atom is -0.0654 e. The lowest BCUT2D eigenvalue weighted by Gasteiger charge is -1.98. The Morgan fingerprint density at radius 1 is 1.40 bits per heavy atom. The fourth-order valence-corrected chi connectivity index (χ4v) is 1.47. The summed E-state index contributed by atoms with van der Waals surface area (Å²) in [4.78, 5) is 0. The molecule has 2 unspecified atom stereocenters. The molecule has 1 aliphatic rings. The second kappa shape index (κ2) is 3.70. The van der Waals surface area contributed by atoms with Gasteiger partial charge in [0, 0.05) is 0 Å². The molecule has 0 N–H and O–H groups in total. The molecule has 0 fully saturated rings. The van der Waals surface area contributed by atoms with Crippen LogP contribution in [0.5, 0.6) is 0 Å². The highest BCUT2D eigenvalue weighted by molar-refractivity contribution is 5.10. The number of hydrogen-bond acceptors (Lipinski definition) is 0. The van der Waals surface area contributed by atoms with E-state index in [2.05, 4.69) is 32.4 Å². The first-order valence-electron chi connectivity index (χ1n) is 4.36. The molecule has 0 nitrogen and oxygen atoms in total. The van der Waals surface area contributed by atoms with Crippen molar-refractivity contribution in [3.05, 3.63) is 18.6 Å². The summed E-state index contributed by atoms with van der Waals surface area (Å²) in [7, 11) is 0. The van der Waals surface area contributed by atoms with E-state index in [0.717, 1.165) is 11.8 Å². The molecule has 0 spiro atoms. The van der Waals surface area contributed by atoms with Crippen LogP contribution >= 0.6 is 0 Å². The summed E-state index contributed by atoms with van der Waals surface area (Å²) in [5.41, 5.74) is 0. The van der Waals surface area contributed by atoms with Crippen molar-refractivity contribution >= 4 is 0 Å². The second-order valence-electron chi connectivity index (χ2n) is 3.24. The average molecular weight is 137 g/mol. The fourth-order valence-electron chi connectivity index (χ4n) is 1.47. The highest BCUT2D eigenvalue weighted by Gasteiger charge is 2.23. The third-order valence-electron chi connectivity index (χ3n) is 2.10. The Morgan fingerprint density at radius 2 is 2.20 bits per heavy atom. The predicted molar refractivity (Wildman–Crippen MR) is 45.6 cm³/mol. The van der Waals surface area contributed by atoms with E-state index in [1.807, 2.05) is 0 Å². The van der Waals surface area contributed by atoms with Crippen LogP contribution < -0.4 is 0 Å². The van der Waals surface area contributed by atoms with Gasteiger partial charge in [-0.05, 0) is 31.9 Å². The Kier molecular flexibility index (Phi) is 2.85. The van der Waals surface area contributed by atoms with E-state index in [1.54, 1.807) is 0 Å². The summed E-state index contributed by atoms with van der Waals surface area (Å²) in [5, 5.41) is 0. The molecular weight excluding hydrogens is 120 g/mol. The molecule has 0 saturated carbocycles. The number of hydrogen-bond donors (Lipinski definition) is 0. The van der Waals surface area contributed by atoms with E-state index in [4.69, 9.17) is 0 Å². The quantitative estimate of drug-likeness (QED) is 0.414. The summed E-state index contributed by atoms with van der Waals surface area (Å²) in [6.07, 6.45) is 11.2. The molecule has 0 aromatic heterocycles. The molecule has 0 aromatic carbocycles. The van der Waals surface area contributed by atoms with Crippen molar-refractivity contribution in [1.29, 1.82) is 0 Å². The smallest absolute Gasteiger partial charge is 0.0654 e. The van der Waals surface area contributed by atoms with Crippen LogP contribution in [-0.4, -0.2) is 0 Å². The van der Waals surface area contributed by atoms with Crippen LogP contribution in [0.4, 0.5) is 0 Å². The number of unbranched alkanes of at least 4 members (excludes halogenated alkanes) is 1. The summed E-state index contributed by atoms with van der Waals surface area (Å²) in [5.74, 6) is 1.51. The molecule has 0 aliphatic heterocycles. The van der Waals surface area contributed by atoms with Crippen molar-refractivity contribution < 1.29 is 0 Å². The van der Waals surface area contributed by atoms with E-state index < -0.39 is 0 Å². The molecule has 0 amide bonds. The average Bonchev–Trinajstić information content (AvgIpc) is 2.31. The molecule has 0 bridgehead atoms. The van der Waals surface area contributed by atoms with Crippen molar-refractivity contribution in [1.82, 2.24) is 0 Å². The minimum absolute atomic E-state index is 0.724. The van der Waals surface area contributed by atoms with Crippen LogP contribution in [0, 0.1) is 18.3 Å². The van der Waals surface area contributed by atoms with Crippen LogP contribution in [0.25, 0.3) is 0 Å². The van der Waals surface area contributed by atoms with Crippen LogP contribution in [0.15, 0.2) is 12.2 Å². The summed E-state index contributed by atoms with van der Waals surface area (Å²) in [6, 6.07) is 0. The first kappa shape index (κ1) is 7.71. The zero-order chi connectivity index (χ0) is 7.40. The van der Waals surface area contributed by atoms with Gasteiger partial charge in [-0.15, -0.1) is 0 Å². The highest BCUT2D eigenvalue weighted by Crippen LogP contribution is 2.25. The van der Waals surface area contributed by atoms with Crippen molar-refractivity contribution in [3.8, 4) is 0 Å². The van der Waals surface area contributed by atoms with Gasteiger partial charge >= 0.3 is 0 Å². The van der Waals surface area contributed by atoms with Gasteiger partial charge in [0.15, 0.2) is 0 Å². The largest absolute Gasteiger partial charge is 0.117 e. The zero-order valence-electron chi connectivity index (χ0n) is 7.01. The maximum absolute atomic E-state index is 2.44. The Bertz CT molecular complexity index is 113. The van der Waals surface area contributed by atoms with Gasteiger partial charge in [-0.25, -0.2) is 0 Å². The van der Waals surface area contributed by atoms with Crippen LogP contribution in [0.2, 0.25) is 0 Å². The molecule has 0 radical (unpaired) electrons. The van der Waals surface area contributed by atoms with Crippen molar-refractivity contribution in [3.63, 3.8) is 0 Å². The molecule has 0 saturated heterocycles. The predicted octanol–water partition coefficient (Wildman–Crippen LogP) is 3.20. The van der Waals surface area contributed by atoms with E-state index in [-0.39, 0.29) is 0 Å². The fraction of sp³-hybridized carbons (Fsp3) is 0.700. The molecular formula is C10H17+. The zero-order valence-corrected chi connectivity index (χ0v) is 7.01. The third kappa shape index (κ3) is 2.09. The standard InChI is InChI=1S/C10H17/c1-3-4-5-10-7-6-9(2)8-10/h6-10H,3-5H2,1-2H3/q+1.